The smallest absolute Gasteiger partial charge is 0.464 e. The number of halogens is 7. The van der Waals surface area contributed by atoms with Gasteiger partial charge in [-0.15, -0.1) is 0 Å². The van der Waals surface area contributed by atoms with E-state index in [1.165, 1.54) is 0 Å². The van der Waals surface area contributed by atoms with Gasteiger partial charge in [-0.25, -0.2) is 9.59 Å². The van der Waals surface area contributed by atoms with Gasteiger partial charge in [0.15, 0.2) is 0 Å². The van der Waals surface area contributed by atoms with Crippen molar-refractivity contribution in [1.82, 2.24) is 0 Å². The number of methoxy groups -OCH3 is 1. The van der Waals surface area contributed by atoms with E-state index in [4.69, 9.17) is 0 Å². The minimum atomic E-state index is -5.77. The summed E-state index contributed by atoms with van der Waals surface area (Å²) in [5.74, 6) is -13.4. The molecule has 5 nitrogen and oxygen atoms in total. The Morgan fingerprint density at radius 3 is 1.88 bits per heavy atom. The number of carbonyl (C=O) groups is 2. The zero-order valence-corrected chi connectivity index (χ0v) is 13.6. The van der Waals surface area contributed by atoms with Gasteiger partial charge in [0.05, 0.1) is 13.7 Å². The first kappa shape index (κ1) is 23.5. The van der Waals surface area contributed by atoms with Gasteiger partial charge in [0.25, 0.3) is 0 Å². The average Bonchev–Trinajstić information content (AvgIpc) is 2.42. The second kappa shape index (κ2) is 7.81. The lowest BCUT2D eigenvalue weighted by atomic mass is 10.2. The van der Waals surface area contributed by atoms with Crippen LogP contribution in [0.15, 0.2) is 12.2 Å². The molecular formula is C12H13F7O5S. The summed E-state index contributed by atoms with van der Waals surface area (Å²) in [5, 5.41) is -4.86. The van der Waals surface area contributed by atoms with Crippen LogP contribution < -0.4 is 0 Å². The first-order valence-electron chi connectivity index (χ1n) is 6.18. The third-order valence-electron chi connectivity index (χ3n) is 2.57. The van der Waals surface area contributed by atoms with E-state index in [1.54, 1.807) is 0 Å². The molecule has 0 aromatic carbocycles. The van der Waals surface area contributed by atoms with E-state index in [9.17, 15) is 40.3 Å². The predicted molar refractivity (Wildman–Crippen MR) is 71.2 cm³/mol. The van der Waals surface area contributed by atoms with Crippen LogP contribution in [0.2, 0.25) is 0 Å². The maximum absolute atomic E-state index is 13.2. The van der Waals surface area contributed by atoms with Crippen LogP contribution >= 0.6 is 12.6 Å². The monoisotopic (exact) mass is 402 g/mol. The SMILES string of the molecule is C=C(C)C(=O)OC(OCCC(F)(F)C(F)(F)S)(C(=O)OC)C(F)(F)F. The van der Waals surface area contributed by atoms with E-state index in [0.29, 0.717) is 7.11 Å². The normalized spacial score (nSPS) is 15.3. The summed E-state index contributed by atoms with van der Waals surface area (Å²) in [5.41, 5.74) is -0.589. The van der Waals surface area contributed by atoms with Gasteiger partial charge in [-0.05, 0) is 6.92 Å². The molecule has 0 aliphatic heterocycles. The van der Waals surface area contributed by atoms with Crippen LogP contribution in [0.1, 0.15) is 13.3 Å². The lowest BCUT2D eigenvalue weighted by molar-refractivity contribution is -0.356. The van der Waals surface area contributed by atoms with Crippen molar-refractivity contribution in [2.24, 2.45) is 0 Å². The maximum atomic E-state index is 13.2. The Kier molecular flexibility index (Phi) is 7.34. The molecule has 13 heteroatoms. The predicted octanol–water partition coefficient (Wildman–Crippen LogP) is 3.10. The number of alkyl halides is 7. The molecule has 146 valence electrons. The summed E-state index contributed by atoms with van der Waals surface area (Å²) >= 11 is 2.33. The highest BCUT2D eigenvalue weighted by Gasteiger charge is 2.68. The number of hydrogen-bond donors (Lipinski definition) is 1. The Balaban J connectivity index is 5.63. The minimum Gasteiger partial charge on any atom is -0.464 e. The van der Waals surface area contributed by atoms with Crippen LogP contribution in [0.5, 0.6) is 0 Å². The number of rotatable bonds is 8. The van der Waals surface area contributed by atoms with E-state index in [-0.39, 0.29) is 0 Å². The van der Waals surface area contributed by atoms with E-state index in [0.717, 1.165) is 6.92 Å². The first-order valence-corrected chi connectivity index (χ1v) is 6.62. The number of hydrogen-bond acceptors (Lipinski definition) is 6. The van der Waals surface area contributed by atoms with Gasteiger partial charge < -0.3 is 14.2 Å². The second-order valence-corrected chi connectivity index (χ2v) is 5.18. The van der Waals surface area contributed by atoms with Gasteiger partial charge in [-0.1, -0.05) is 19.2 Å². The highest BCUT2D eigenvalue weighted by atomic mass is 32.1. The molecule has 0 fully saturated rings. The van der Waals surface area contributed by atoms with Gasteiger partial charge in [0.1, 0.15) is 0 Å². The summed E-state index contributed by atoms with van der Waals surface area (Å²) in [6, 6.07) is 0. The molecular weight excluding hydrogens is 389 g/mol. The molecule has 0 aliphatic rings. The molecule has 0 bridgehead atoms. The van der Waals surface area contributed by atoms with E-state index in [1.807, 2.05) is 0 Å². The van der Waals surface area contributed by atoms with Crippen molar-refractivity contribution in [3.05, 3.63) is 12.2 Å². The van der Waals surface area contributed by atoms with Crippen LogP contribution in [0, 0.1) is 0 Å². The molecule has 0 saturated heterocycles. The van der Waals surface area contributed by atoms with Crippen molar-refractivity contribution < 1.29 is 54.5 Å². The van der Waals surface area contributed by atoms with Crippen molar-refractivity contribution in [3.8, 4) is 0 Å². The summed E-state index contributed by atoms with van der Waals surface area (Å²) in [6.45, 7) is 2.16. The highest BCUT2D eigenvalue weighted by Crippen LogP contribution is 2.41. The fourth-order valence-electron chi connectivity index (χ4n) is 1.21. The van der Waals surface area contributed by atoms with Crippen LogP contribution in [-0.4, -0.2) is 48.8 Å². The van der Waals surface area contributed by atoms with Gasteiger partial charge in [-0.3, -0.25) is 0 Å². The molecule has 0 spiro atoms. The maximum Gasteiger partial charge on any atom is 0.468 e. The lowest BCUT2D eigenvalue weighted by Crippen LogP contribution is -2.58. The van der Waals surface area contributed by atoms with Crippen molar-refractivity contribution in [2.75, 3.05) is 13.7 Å². The molecule has 0 radical (unpaired) electrons. The molecule has 0 aliphatic carbocycles. The Morgan fingerprint density at radius 2 is 1.56 bits per heavy atom. The standard InChI is InChI=1S/C12H13F7O5S/c1-6(2)7(20)24-10(8(21)22-3,11(15,16)17)23-5-4-9(13,14)12(18,19)25/h25H,1,4-5H2,2-3H3. The van der Waals surface area contributed by atoms with Crippen LogP contribution in [-0.2, 0) is 23.8 Å². The zero-order chi connectivity index (χ0) is 20.3. The van der Waals surface area contributed by atoms with Crippen molar-refractivity contribution in [1.29, 1.82) is 0 Å². The lowest BCUT2D eigenvalue weighted by Gasteiger charge is -2.32. The Bertz CT molecular complexity index is 529. The van der Waals surface area contributed by atoms with Gasteiger partial charge in [-0.2, -0.15) is 30.7 Å². The van der Waals surface area contributed by atoms with Crippen LogP contribution in [0.3, 0.4) is 0 Å². The fraction of sp³-hybridized carbons (Fsp3) is 0.667. The first-order chi connectivity index (χ1) is 11.0. The molecule has 0 amide bonds. The number of esters is 2. The highest BCUT2D eigenvalue weighted by molar-refractivity contribution is 7.81. The number of ether oxygens (including phenoxy) is 3. The summed E-state index contributed by atoms with van der Waals surface area (Å²) in [7, 11) is 0.470. The van der Waals surface area contributed by atoms with E-state index in [2.05, 4.69) is 33.4 Å². The zero-order valence-electron chi connectivity index (χ0n) is 12.8. The molecule has 0 aromatic rings. The van der Waals surface area contributed by atoms with Crippen LogP contribution in [0.4, 0.5) is 30.7 Å². The van der Waals surface area contributed by atoms with Gasteiger partial charge >= 0.3 is 35.1 Å². The molecule has 0 saturated carbocycles. The quantitative estimate of drug-likeness (QED) is 0.222. The number of carbonyl (C=O) groups excluding carboxylic acids is 2. The van der Waals surface area contributed by atoms with Gasteiger partial charge in [0, 0.05) is 12.0 Å². The molecule has 0 heterocycles. The second-order valence-electron chi connectivity index (χ2n) is 4.62. The minimum absolute atomic E-state index is 0.470. The molecule has 1 unspecified atom stereocenters. The molecule has 0 N–H and O–H groups in total. The Labute approximate surface area is 142 Å². The van der Waals surface area contributed by atoms with Crippen molar-refractivity contribution in [2.45, 2.75) is 36.5 Å². The van der Waals surface area contributed by atoms with Crippen LogP contribution in [0.25, 0.3) is 0 Å². The molecule has 25 heavy (non-hydrogen) atoms. The Hall–Kier alpha value is -1.50. The molecule has 0 rings (SSSR count). The van der Waals surface area contributed by atoms with Gasteiger partial charge in [0.2, 0.25) is 0 Å². The largest absolute Gasteiger partial charge is 0.468 e. The van der Waals surface area contributed by atoms with E-state index >= 15 is 0 Å². The average molecular weight is 402 g/mol. The third kappa shape index (κ3) is 5.49. The summed E-state index contributed by atoms with van der Waals surface area (Å²) < 4.78 is 103. The topological polar surface area (TPSA) is 61.8 Å². The third-order valence-corrected chi connectivity index (χ3v) is 2.90. The van der Waals surface area contributed by atoms with E-state index < -0.39 is 53.7 Å². The summed E-state index contributed by atoms with van der Waals surface area (Å²) in [4.78, 5) is 22.8. The summed E-state index contributed by atoms with van der Waals surface area (Å²) in [6.07, 6.45) is -7.74. The molecule has 1 atom stereocenters. The molecule has 0 aromatic heterocycles. The fourth-order valence-corrected chi connectivity index (χ4v) is 1.32. The van der Waals surface area contributed by atoms with Crippen molar-refractivity contribution >= 4 is 24.6 Å². The Morgan fingerprint density at radius 1 is 1.08 bits per heavy atom. The van der Waals surface area contributed by atoms with Crippen molar-refractivity contribution in [3.63, 3.8) is 0 Å². The number of thiol groups is 1.